The molecule has 3 heterocycles. The van der Waals surface area contributed by atoms with Gasteiger partial charge in [0.15, 0.2) is 17.5 Å². The van der Waals surface area contributed by atoms with Gasteiger partial charge in [-0.15, -0.1) is 22.7 Å². The molecule has 9 rings (SSSR count). The molecule has 0 bridgehead atoms. The third kappa shape index (κ3) is 6.70. The third-order valence-corrected chi connectivity index (χ3v) is 12.0. The molecule has 0 unspecified atom stereocenters. The van der Waals surface area contributed by atoms with Gasteiger partial charge in [0, 0.05) is 59.1 Å². The molecule has 0 spiro atoms. The summed E-state index contributed by atoms with van der Waals surface area (Å²) in [5.74, 6) is 1.76. The first-order valence-corrected chi connectivity index (χ1v) is 19.7. The molecule has 7 heteroatoms. The molecule has 0 atom stereocenters. The average molecular weight is 756 g/mol. The number of rotatable bonds is 10. The maximum Gasteiger partial charge on any atom is 0.164 e. The van der Waals surface area contributed by atoms with E-state index >= 15 is 0 Å². The molecular weight excluding hydrogens is 723 g/mol. The molecule has 6 aromatic carbocycles. The summed E-state index contributed by atoms with van der Waals surface area (Å²) < 4.78 is 2.13. The smallest absolute Gasteiger partial charge is 0.164 e. The normalized spacial score (nSPS) is 11.4. The SMILES string of the molecule is C=Cc1c(C(=C)C(=N)c2sc3ccccc3c2/N=C/c2ccccc2)sc2ccc(-c3nc(-c4ccccc4)nc(-c4cccc(-c5ccccc5)c4)n3)cc12. The van der Waals surface area contributed by atoms with Gasteiger partial charge in [0.1, 0.15) is 0 Å². The first-order chi connectivity index (χ1) is 27.5. The summed E-state index contributed by atoms with van der Waals surface area (Å²) in [7, 11) is 0. The van der Waals surface area contributed by atoms with Crippen molar-refractivity contribution in [3.8, 4) is 45.3 Å². The minimum Gasteiger partial charge on any atom is -0.299 e. The van der Waals surface area contributed by atoms with Crippen LogP contribution in [-0.2, 0) is 0 Å². The van der Waals surface area contributed by atoms with Gasteiger partial charge in [0.25, 0.3) is 0 Å². The van der Waals surface area contributed by atoms with Crippen molar-refractivity contribution < 1.29 is 0 Å². The topological polar surface area (TPSA) is 74.9 Å². The maximum atomic E-state index is 9.51. The van der Waals surface area contributed by atoms with Crippen LogP contribution in [-0.4, -0.2) is 26.9 Å². The summed E-state index contributed by atoms with van der Waals surface area (Å²) in [4.78, 5) is 21.7. The zero-order valence-corrected chi connectivity index (χ0v) is 31.8. The largest absolute Gasteiger partial charge is 0.299 e. The minimum absolute atomic E-state index is 0.341. The molecule has 56 heavy (non-hydrogen) atoms. The van der Waals surface area contributed by atoms with E-state index < -0.39 is 0 Å². The molecule has 0 radical (unpaired) electrons. The Morgan fingerprint density at radius 1 is 0.536 bits per heavy atom. The fraction of sp³-hybridized carbons (Fsp3) is 0. The summed E-state index contributed by atoms with van der Waals surface area (Å²) in [6.07, 6.45) is 3.72. The average Bonchev–Trinajstić information content (AvgIpc) is 3.84. The number of benzene rings is 6. The zero-order valence-electron chi connectivity index (χ0n) is 30.2. The molecule has 0 aliphatic carbocycles. The van der Waals surface area contributed by atoms with Crippen molar-refractivity contribution in [3.05, 3.63) is 192 Å². The van der Waals surface area contributed by atoms with E-state index in [0.717, 1.165) is 74.6 Å². The molecule has 5 nitrogen and oxygen atoms in total. The van der Waals surface area contributed by atoms with E-state index in [1.54, 1.807) is 22.7 Å². The Kier molecular flexibility index (Phi) is 9.37. The second-order valence-electron chi connectivity index (χ2n) is 13.2. The van der Waals surface area contributed by atoms with Crippen molar-refractivity contribution in [2.45, 2.75) is 0 Å². The number of nitrogens with zero attached hydrogens (tertiary/aromatic N) is 4. The van der Waals surface area contributed by atoms with E-state index in [1.807, 2.05) is 115 Å². The number of aliphatic imine (C=N–C) groups is 1. The van der Waals surface area contributed by atoms with Crippen LogP contribution in [0.15, 0.2) is 176 Å². The number of hydrogen-bond donors (Lipinski definition) is 1. The molecular formula is C49H33N5S2. The lowest BCUT2D eigenvalue weighted by Gasteiger charge is -2.10. The van der Waals surface area contributed by atoms with Crippen molar-refractivity contribution in [3.63, 3.8) is 0 Å². The second kappa shape index (κ2) is 15.1. The molecule has 0 aliphatic rings. The van der Waals surface area contributed by atoms with Gasteiger partial charge in [-0.3, -0.25) is 10.4 Å². The lowest BCUT2D eigenvalue weighted by Crippen LogP contribution is -2.00. The number of hydrogen-bond acceptors (Lipinski definition) is 7. The lowest BCUT2D eigenvalue weighted by molar-refractivity contribution is 1.07. The van der Waals surface area contributed by atoms with E-state index in [-0.39, 0.29) is 0 Å². The summed E-state index contributed by atoms with van der Waals surface area (Å²) in [5.41, 5.74) is 8.54. The molecule has 3 aromatic heterocycles. The highest BCUT2D eigenvalue weighted by Crippen LogP contribution is 2.43. The van der Waals surface area contributed by atoms with Crippen LogP contribution >= 0.6 is 22.7 Å². The second-order valence-corrected chi connectivity index (χ2v) is 15.3. The molecule has 0 saturated carbocycles. The van der Waals surface area contributed by atoms with Crippen molar-refractivity contribution in [2.24, 2.45) is 4.99 Å². The van der Waals surface area contributed by atoms with Crippen molar-refractivity contribution in [2.75, 3.05) is 0 Å². The Bertz CT molecular complexity index is 2960. The highest BCUT2D eigenvalue weighted by atomic mass is 32.1. The first kappa shape index (κ1) is 34.8. The number of thiophene rings is 2. The molecule has 1 N–H and O–H groups in total. The van der Waals surface area contributed by atoms with Gasteiger partial charge in [-0.05, 0) is 47.0 Å². The van der Waals surface area contributed by atoms with E-state index in [4.69, 9.17) is 19.9 Å². The molecule has 0 amide bonds. The van der Waals surface area contributed by atoms with Crippen molar-refractivity contribution in [1.82, 2.24) is 15.0 Å². The number of aromatic nitrogens is 3. The summed E-state index contributed by atoms with van der Waals surface area (Å²) >= 11 is 3.17. The van der Waals surface area contributed by atoms with Crippen LogP contribution in [0.25, 0.3) is 77.1 Å². The third-order valence-electron chi connectivity index (χ3n) is 9.60. The van der Waals surface area contributed by atoms with Crippen LogP contribution in [0.5, 0.6) is 0 Å². The van der Waals surface area contributed by atoms with Gasteiger partial charge >= 0.3 is 0 Å². The number of fused-ring (bicyclic) bond motifs is 2. The van der Waals surface area contributed by atoms with Gasteiger partial charge in [0.2, 0.25) is 0 Å². The first-order valence-electron chi connectivity index (χ1n) is 18.1. The molecule has 0 aliphatic heterocycles. The maximum absolute atomic E-state index is 9.51. The lowest BCUT2D eigenvalue weighted by atomic mass is 10.0. The van der Waals surface area contributed by atoms with E-state index in [9.17, 15) is 5.41 Å². The van der Waals surface area contributed by atoms with Crippen molar-refractivity contribution >= 4 is 72.1 Å². The Balaban J connectivity index is 1.12. The standard InChI is InChI=1S/C49H33N5S2/c1-3-38-40-29-37(49-53-47(34-20-11-6-12-21-34)52-48(54-49)36-23-15-22-35(28-36)33-18-9-5-10-19-33)26-27-42(40)55-45(38)31(2)43(50)46-44(39-24-13-14-25-41(39)56-46)51-30-32-16-7-4-8-17-32/h3-30,50H,1-2H2/b50-43?,51-30+. The predicted octanol–water partition coefficient (Wildman–Crippen LogP) is 13.4. The van der Waals surface area contributed by atoms with Crippen LogP contribution in [0, 0.1) is 5.41 Å². The van der Waals surface area contributed by atoms with Gasteiger partial charge in [-0.25, -0.2) is 15.0 Å². The minimum atomic E-state index is 0.341. The summed E-state index contributed by atoms with van der Waals surface area (Å²) in [6, 6.07) is 53.1. The predicted molar refractivity (Wildman–Crippen MR) is 238 cm³/mol. The quantitative estimate of drug-likeness (QED) is 0.141. The summed E-state index contributed by atoms with van der Waals surface area (Å²) in [6.45, 7) is 8.71. The van der Waals surface area contributed by atoms with Crippen LogP contribution in [0.4, 0.5) is 5.69 Å². The Morgan fingerprint density at radius 3 is 1.80 bits per heavy atom. The van der Waals surface area contributed by atoms with Gasteiger partial charge < -0.3 is 0 Å². The van der Waals surface area contributed by atoms with Crippen LogP contribution in [0.1, 0.15) is 20.9 Å². The van der Waals surface area contributed by atoms with Gasteiger partial charge in [-0.2, -0.15) is 0 Å². The van der Waals surface area contributed by atoms with E-state index in [1.165, 1.54) is 0 Å². The Morgan fingerprint density at radius 2 is 1.09 bits per heavy atom. The highest BCUT2D eigenvalue weighted by Gasteiger charge is 2.23. The van der Waals surface area contributed by atoms with E-state index in [2.05, 4.69) is 67.8 Å². The van der Waals surface area contributed by atoms with Crippen LogP contribution < -0.4 is 0 Å². The highest BCUT2D eigenvalue weighted by molar-refractivity contribution is 7.23. The molecule has 0 fully saturated rings. The van der Waals surface area contributed by atoms with Crippen molar-refractivity contribution in [1.29, 1.82) is 5.41 Å². The molecule has 0 saturated heterocycles. The number of allylic oxidation sites excluding steroid dienone is 1. The van der Waals surface area contributed by atoms with Crippen LogP contribution in [0.2, 0.25) is 0 Å². The van der Waals surface area contributed by atoms with Gasteiger partial charge in [0.05, 0.1) is 16.3 Å². The molecule has 9 aromatic rings. The molecule has 266 valence electrons. The fourth-order valence-corrected chi connectivity index (χ4v) is 9.05. The van der Waals surface area contributed by atoms with E-state index in [0.29, 0.717) is 28.8 Å². The number of nitrogens with one attached hydrogen (secondary N) is 1. The monoisotopic (exact) mass is 755 g/mol. The zero-order chi connectivity index (χ0) is 38.0. The van der Waals surface area contributed by atoms with Crippen LogP contribution in [0.3, 0.4) is 0 Å². The fourth-order valence-electron chi connectivity index (χ4n) is 6.76. The Hall–Kier alpha value is -6.93. The summed E-state index contributed by atoms with van der Waals surface area (Å²) in [5, 5.41) is 11.5. The van der Waals surface area contributed by atoms with Gasteiger partial charge in [-0.1, -0.05) is 147 Å². The Labute approximate surface area is 332 Å².